The molecule has 9 heteroatoms. The lowest BCUT2D eigenvalue weighted by Crippen LogP contribution is -2.18. The summed E-state index contributed by atoms with van der Waals surface area (Å²) in [7, 11) is -2.95. The van der Waals surface area contributed by atoms with Crippen LogP contribution in [0.25, 0.3) is 5.69 Å². The van der Waals surface area contributed by atoms with Gasteiger partial charge in [-0.1, -0.05) is 6.07 Å². The number of nitrogens with one attached hydrogen (secondary N) is 1. The van der Waals surface area contributed by atoms with E-state index >= 15 is 0 Å². The van der Waals surface area contributed by atoms with Crippen molar-refractivity contribution in [3.63, 3.8) is 0 Å². The first-order valence-corrected chi connectivity index (χ1v) is 10.9. The highest BCUT2D eigenvalue weighted by Gasteiger charge is 2.32. The van der Waals surface area contributed by atoms with Gasteiger partial charge in [0, 0.05) is 18.5 Å². The molecular formula is C22H18FN3O4S. The number of esters is 1. The first-order chi connectivity index (χ1) is 14.8. The number of benzene rings is 2. The molecule has 0 amide bonds. The third kappa shape index (κ3) is 4.02. The molecular weight excluding hydrogens is 421 g/mol. The van der Waals surface area contributed by atoms with E-state index in [1.54, 1.807) is 36.7 Å². The van der Waals surface area contributed by atoms with E-state index in [1.165, 1.54) is 23.8 Å². The number of hydrogen-bond acceptors (Lipinski definition) is 5. The number of carbonyl (C=O) groups excluding carboxylic acids is 1. The predicted octanol–water partition coefficient (Wildman–Crippen LogP) is 3.95. The molecule has 158 valence electrons. The minimum atomic E-state index is -4.17. The number of hydrogen-bond donors (Lipinski definition) is 1. The van der Waals surface area contributed by atoms with Gasteiger partial charge in [0.05, 0.1) is 34.5 Å². The van der Waals surface area contributed by atoms with E-state index in [-0.39, 0.29) is 33.3 Å². The fraction of sp³-hybridized carbons (Fsp3) is 0.182. The van der Waals surface area contributed by atoms with Crippen molar-refractivity contribution in [2.24, 2.45) is 0 Å². The summed E-state index contributed by atoms with van der Waals surface area (Å²) in [6.07, 6.45) is 4.96. The molecule has 4 rings (SSSR count). The number of methoxy groups -OCH3 is 1. The third-order valence-corrected chi connectivity index (χ3v) is 6.50. The van der Waals surface area contributed by atoms with Crippen LogP contribution in [0.5, 0.6) is 0 Å². The van der Waals surface area contributed by atoms with Gasteiger partial charge in [-0.3, -0.25) is 4.72 Å². The van der Waals surface area contributed by atoms with Gasteiger partial charge in [0.15, 0.2) is 0 Å². The van der Waals surface area contributed by atoms with Crippen molar-refractivity contribution in [3.8, 4) is 11.8 Å². The summed E-state index contributed by atoms with van der Waals surface area (Å²) in [6, 6.07) is 11.8. The lowest BCUT2D eigenvalue weighted by molar-refractivity contribution is 0.0600. The summed E-state index contributed by atoms with van der Waals surface area (Å²) < 4.78 is 49.8. The van der Waals surface area contributed by atoms with Crippen LogP contribution in [0.4, 0.5) is 10.1 Å². The number of nitrogens with zero attached hydrogens (tertiary/aromatic N) is 2. The molecule has 7 nitrogen and oxygen atoms in total. The highest BCUT2D eigenvalue weighted by molar-refractivity contribution is 7.92. The van der Waals surface area contributed by atoms with Crippen LogP contribution in [0.1, 0.15) is 40.2 Å². The van der Waals surface area contributed by atoms with Crippen LogP contribution in [0.3, 0.4) is 0 Å². The number of anilines is 1. The maximum Gasteiger partial charge on any atom is 0.337 e. The Balaban J connectivity index is 1.83. The summed E-state index contributed by atoms with van der Waals surface area (Å²) in [5, 5.41) is 9.20. The molecule has 1 saturated carbocycles. The number of sulfonamides is 1. The Morgan fingerprint density at radius 2 is 1.94 bits per heavy atom. The molecule has 31 heavy (non-hydrogen) atoms. The monoisotopic (exact) mass is 439 g/mol. The van der Waals surface area contributed by atoms with Gasteiger partial charge < -0.3 is 9.30 Å². The van der Waals surface area contributed by atoms with Crippen molar-refractivity contribution in [2.75, 3.05) is 11.8 Å². The van der Waals surface area contributed by atoms with Crippen LogP contribution in [0, 0.1) is 17.1 Å². The van der Waals surface area contributed by atoms with Crippen LogP contribution in [0.2, 0.25) is 0 Å². The van der Waals surface area contributed by atoms with Gasteiger partial charge in [-0.25, -0.2) is 17.6 Å². The molecule has 1 heterocycles. The van der Waals surface area contributed by atoms with Crippen molar-refractivity contribution in [3.05, 3.63) is 77.4 Å². The molecule has 0 spiro atoms. The quantitative estimate of drug-likeness (QED) is 0.586. The van der Waals surface area contributed by atoms with Crippen LogP contribution in [0.15, 0.2) is 59.8 Å². The lowest BCUT2D eigenvalue weighted by Gasteiger charge is -2.17. The third-order valence-electron chi connectivity index (χ3n) is 5.07. The maximum atomic E-state index is 14.3. The molecule has 0 radical (unpaired) electrons. The topological polar surface area (TPSA) is 101 Å². The van der Waals surface area contributed by atoms with Gasteiger partial charge in [-0.05, 0) is 54.7 Å². The summed E-state index contributed by atoms with van der Waals surface area (Å²) in [4.78, 5) is 11.9. The predicted molar refractivity (Wildman–Crippen MR) is 111 cm³/mol. The van der Waals surface area contributed by atoms with E-state index in [2.05, 4.69) is 4.72 Å². The number of carbonyl (C=O) groups is 1. The Kier molecular flexibility index (Phi) is 5.25. The average Bonchev–Trinajstić information content (AvgIpc) is 3.47. The van der Waals surface area contributed by atoms with Crippen LogP contribution < -0.4 is 4.72 Å². The molecule has 2 aromatic carbocycles. The molecule has 0 unspecified atom stereocenters. The van der Waals surface area contributed by atoms with Gasteiger partial charge in [0.1, 0.15) is 11.9 Å². The van der Waals surface area contributed by atoms with E-state index in [0.717, 1.165) is 25.0 Å². The zero-order valence-corrected chi connectivity index (χ0v) is 17.3. The van der Waals surface area contributed by atoms with E-state index in [9.17, 15) is 22.9 Å². The van der Waals surface area contributed by atoms with Crippen molar-refractivity contribution >= 4 is 21.7 Å². The first kappa shape index (κ1) is 20.6. The summed E-state index contributed by atoms with van der Waals surface area (Å²) in [5.74, 6) is -1.33. The largest absolute Gasteiger partial charge is 0.465 e. The highest BCUT2D eigenvalue weighted by Crippen LogP contribution is 2.43. The van der Waals surface area contributed by atoms with Crippen molar-refractivity contribution < 1.29 is 22.3 Å². The lowest BCUT2D eigenvalue weighted by atomic mass is 10.1. The fourth-order valence-electron chi connectivity index (χ4n) is 3.38. The number of rotatable bonds is 6. The van der Waals surface area contributed by atoms with Crippen molar-refractivity contribution in [1.82, 2.24) is 4.57 Å². The Labute approximate surface area is 178 Å². The Hall–Kier alpha value is -3.64. The smallest absolute Gasteiger partial charge is 0.337 e. The van der Waals surface area contributed by atoms with Gasteiger partial charge in [0.2, 0.25) is 0 Å². The van der Waals surface area contributed by atoms with Crippen LogP contribution in [-0.2, 0) is 14.8 Å². The molecule has 1 N–H and O–H groups in total. The zero-order valence-electron chi connectivity index (χ0n) is 16.5. The van der Waals surface area contributed by atoms with Crippen molar-refractivity contribution in [2.45, 2.75) is 23.7 Å². The van der Waals surface area contributed by atoms with E-state index in [0.29, 0.717) is 5.56 Å². The Morgan fingerprint density at radius 1 is 1.23 bits per heavy atom. The number of nitriles is 1. The normalized spacial score (nSPS) is 13.5. The second kappa shape index (κ2) is 7.89. The van der Waals surface area contributed by atoms with Crippen LogP contribution >= 0.6 is 0 Å². The standard InChI is InChI=1S/C22H18FN3O4S/c1-30-22(27)15-6-7-17(14-4-5-14)21(11-15)31(28,29)25-19-10-16(13-24)18(23)12-20(19)26-8-2-3-9-26/h2-3,6-12,14,25H,4-5H2,1H3. The zero-order chi connectivity index (χ0) is 22.2. The van der Waals surface area contributed by atoms with Gasteiger partial charge in [-0.15, -0.1) is 0 Å². The molecule has 0 aliphatic heterocycles. The SMILES string of the molecule is COC(=O)c1ccc(C2CC2)c(S(=O)(=O)Nc2cc(C#N)c(F)cc2-n2cccc2)c1. The molecule has 1 aliphatic rings. The average molecular weight is 439 g/mol. The maximum absolute atomic E-state index is 14.3. The minimum absolute atomic E-state index is 0.0411. The first-order valence-electron chi connectivity index (χ1n) is 9.46. The Morgan fingerprint density at radius 3 is 2.55 bits per heavy atom. The second-order valence-corrected chi connectivity index (χ2v) is 8.83. The molecule has 1 aliphatic carbocycles. The van der Waals surface area contributed by atoms with E-state index < -0.39 is 21.8 Å². The highest BCUT2D eigenvalue weighted by atomic mass is 32.2. The summed E-state index contributed by atoms with van der Waals surface area (Å²) in [6.45, 7) is 0. The fourth-order valence-corrected chi connectivity index (χ4v) is 4.77. The minimum Gasteiger partial charge on any atom is -0.465 e. The van der Waals surface area contributed by atoms with Crippen LogP contribution in [-0.4, -0.2) is 26.1 Å². The van der Waals surface area contributed by atoms with Gasteiger partial charge in [0.25, 0.3) is 10.0 Å². The number of halogens is 1. The molecule has 0 atom stereocenters. The molecule has 1 fully saturated rings. The van der Waals surface area contributed by atoms with Gasteiger partial charge >= 0.3 is 5.97 Å². The summed E-state index contributed by atoms with van der Waals surface area (Å²) in [5.41, 5.74) is 0.681. The molecule has 0 saturated heterocycles. The second-order valence-electron chi connectivity index (χ2n) is 7.18. The Bertz CT molecular complexity index is 1310. The number of ether oxygens (including phenoxy) is 1. The number of aromatic nitrogens is 1. The molecule has 3 aromatic rings. The van der Waals surface area contributed by atoms with E-state index in [1.807, 2.05) is 0 Å². The molecule has 1 aromatic heterocycles. The summed E-state index contributed by atoms with van der Waals surface area (Å²) >= 11 is 0. The van der Waals surface area contributed by atoms with E-state index in [4.69, 9.17) is 4.74 Å². The van der Waals surface area contributed by atoms with Crippen molar-refractivity contribution in [1.29, 1.82) is 5.26 Å². The van der Waals surface area contributed by atoms with Gasteiger partial charge in [-0.2, -0.15) is 5.26 Å². The molecule has 0 bridgehead atoms.